The van der Waals surface area contributed by atoms with Crippen molar-refractivity contribution in [3.63, 3.8) is 0 Å². The molecule has 1 aromatic carbocycles. The highest BCUT2D eigenvalue weighted by Crippen LogP contribution is 2.26. The Kier molecular flexibility index (Phi) is 8.76. The Bertz CT molecular complexity index is 1370. The highest BCUT2D eigenvalue weighted by molar-refractivity contribution is 7.90. The van der Waals surface area contributed by atoms with Gasteiger partial charge < -0.3 is 9.12 Å². The van der Waals surface area contributed by atoms with Crippen molar-refractivity contribution in [1.29, 1.82) is 0 Å². The number of nitrogens with zero attached hydrogens (tertiary/aromatic N) is 3. The van der Waals surface area contributed by atoms with Crippen LogP contribution in [0.1, 0.15) is 71.8 Å². The van der Waals surface area contributed by atoms with E-state index in [1.165, 1.54) is 11.1 Å². The maximum atomic E-state index is 13.2. The number of pyridine rings is 2. The highest BCUT2D eigenvalue weighted by atomic mass is 32.2. The third kappa shape index (κ3) is 7.13. The number of hydrogen-bond acceptors (Lipinski definition) is 4. The third-order valence-corrected chi connectivity index (χ3v) is 8.33. The van der Waals surface area contributed by atoms with E-state index in [0.717, 1.165) is 52.6 Å². The molecule has 0 unspecified atom stereocenters. The van der Waals surface area contributed by atoms with Crippen molar-refractivity contribution in [3.8, 4) is 5.82 Å². The van der Waals surface area contributed by atoms with Crippen molar-refractivity contribution in [1.82, 2.24) is 19.3 Å². The number of benzene rings is 1. The second-order valence-corrected chi connectivity index (χ2v) is 13.3. The van der Waals surface area contributed by atoms with E-state index in [9.17, 15) is 4.55 Å². The van der Waals surface area contributed by atoms with Crippen LogP contribution < -0.4 is 4.72 Å². The summed E-state index contributed by atoms with van der Waals surface area (Å²) in [5, 5.41) is 0. The van der Waals surface area contributed by atoms with Crippen LogP contribution in [0, 0.1) is 27.7 Å². The van der Waals surface area contributed by atoms with E-state index in [0.29, 0.717) is 6.42 Å². The van der Waals surface area contributed by atoms with Crippen molar-refractivity contribution < 1.29 is 4.55 Å². The molecule has 2 atom stereocenters. The van der Waals surface area contributed by atoms with Crippen LogP contribution in [0.4, 0.5) is 0 Å². The lowest BCUT2D eigenvalue weighted by molar-refractivity contribution is 0.520. The van der Waals surface area contributed by atoms with Gasteiger partial charge in [-0.2, -0.15) is 0 Å². The molecular formula is C32H40N4OS. The van der Waals surface area contributed by atoms with Crippen LogP contribution in [-0.4, -0.2) is 23.8 Å². The van der Waals surface area contributed by atoms with Crippen LogP contribution in [-0.2, 0) is 30.6 Å². The smallest absolute Gasteiger partial charge is 0.137 e. The predicted octanol–water partition coefficient (Wildman–Crippen LogP) is 6.62. The van der Waals surface area contributed by atoms with Crippen LogP contribution in [0.5, 0.6) is 0 Å². The van der Waals surface area contributed by atoms with Crippen molar-refractivity contribution in [2.75, 3.05) is 0 Å². The summed E-state index contributed by atoms with van der Waals surface area (Å²) < 4.78 is 18.5. The summed E-state index contributed by atoms with van der Waals surface area (Å²) in [4.78, 5) is 9.58. The fraction of sp³-hybridized carbons (Fsp3) is 0.375. The molecule has 0 aliphatic carbocycles. The van der Waals surface area contributed by atoms with Gasteiger partial charge in [0.1, 0.15) is 10.6 Å². The Labute approximate surface area is 231 Å². The standard InChI is InChI=1S/C32H40N4OS/c1-22-15-16-33-28(17-22)14-13-26-9-8-10-27(20-26)30(35-38(37)32(5,6)7)21-29-18-23(2)19-31(34-29)36-24(3)11-12-25(36)4/h8-12,15-20,30,35H,13-14,21H2,1-7H3/t30-,38-/m0/s1. The lowest BCUT2D eigenvalue weighted by atomic mass is 9.98. The summed E-state index contributed by atoms with van der Waals surface area (Å²) in [6, 6.07) is 21.2. The maximum absolute atomic E-state index is 13.2. The third-order valence-electron chi connectivity index (χ3n) is 6.72. The monoisotopic (exact) mass is 528 g/mol. The first-order valence-corrected chi connectivity index (χ1v) is 14.5. The molecule has 0 saturated heterocycles. The van der Waals surface area contributed by atoms with Crippen molar-refractivity contribution in [2.24, 2.45) is 0 Å². The van der Waals surface area contributed by atoms with Crippen LogP contribution >= 0.6 is 0 Å². The van der Waals surface area contributed by atoms with E-state index in [1.807, 2.05) is 33.0 Å². The molecule has 1 N–H and O–H groups in total. The van der Waals surface area contributed by atoms with Gasteiger partial charge in [0.25, 0.3) is 0 Å². The lowest BCUT2D eigenvalue weighted by Gasteiger charge is -2.28. The molecule has 200 valence electrons. The van der Waals surface area contributed by atoms with Gasteiger partial charge in [-0.1, -0.05) is 24.3 Å². The Hall–Kier alpha value is -2.93. The molecule has 38 heavy (non-hydrogen) atoms. The summed E-state index contributed by atoms with van der Waals surface area (Å²) in [6.45, 7) is 14.4. The molecule has 0 aliphatic heterocycles. The minimum absolute atomic E-state index is 0.138. The lowest BCUT2D eigenvalue weighted by Crippen LogP contribution is -2.42. The summed E-state index contributed by atoms with van der Waals surface area (Å²) >= 11 is -1.22. The Morgan fingerprint density at radius 1 is 0.868 bits per heavy atom. The zero-order chi connectivity index (χ0) is 27.4. The minimum Gasteiger partial charge on any atom is -0.598 e. The van der Waals surface area contributed by atoms with Crippen molar-refractivity contribution >= 4 is 11.4 Å². The molecule has 0 spiro atoms. The number of hydrogen-bond donors (Lipinski definition) is 1. The van der Waals surface area contributed by atoms with E-state index >= 15 is 0 Å². The zero-order valence-electron chi connectivity index (χ0n) is 23.7. The number of aromatic nitrogens is 3. The Morgan fingerprint density at radius 2 is 1.58 bits per heavy atom. The average Bonchev–Trinajstić information content (AvgIpc) is 3.19. The van der Waals surface area contributed by atoms with Gasteiger partial charge >= 0.3 is 0 Å². The Morgan fingerprint density at radius 3 is 2.26 bits per heavy atom. The SMILES string of the molecule is Cc1ccnc(CCc2cccc([C@H](Cc3cc(C)cc(-n4c(C)ccc4C)n3)N[S@@+]([O-])C(C)(C)C)c2)c1. The molecule has 5 nitrogen and oxygen atoms in total. The van der Waals surface area contributed by atoms with Gasteiger partial charge in [0, 0.05) is 46.8 Å². The number of nitrogens with one attached hydrogen (secondary N) is 1. The molecule has 0 amide bonds. The molecule has 0 saturated carbocycles. The van der Waals surface area contributed by atoms with E-state index in [-0.39, 0.29) is 10.8 Å². The van der Waals surface area contributed by atoms with Gasteiger partial charge in [-0.25, -0.2) is 4.98 Å². The second kappa shape index (κ2) is 11.9. The molecular weight excluding hydrogens is 488 g/mol. The fourth-order valence-corrected chi connectivity index (χ4v) is 5.52. The maximum Gasteiger partial charge on any atom is 0.137 e. The van der Waals surface area contributed by atoms with E-state index in [4.69, 9.17) is 4.98 Å². The van der Waals surface area contributed by atoms with Crippen LogP contribution in [0.25, 0.3) is 5.82 Å². The summed E-state index contributed by atoms with van der Waals surface area (Å²) in [5.74, 6) is 0.926. The normalized spacial score (nSPS) is 13.5. The van der Waals surface area contributed by atoms with Crippen LogP contribution in [0.2, 0.25) is 0 Å². The number of aryl methyl sites for hydroxylation is 6. The van der Waals surface area contributed by atoms with Crippen LogP contribution in [0.15, 0.2) is 66.9 Å². The van der Waals surface area contributed by atoms with Gasteiger partial charge in [0.2, 0.25) is 0 Å². The summed E-state index contributed by atoms with van der Waals surface area (Å²) in [7, 11) is 0. The first kappa shape index (κ1) is 28.1. The molecule has 4 rings (SSSR count). The van der Waals surface area contributed by atoms with Gasteiger partial charge in [0.05, 0.1) is 6.04 Å². The van der Waals surface area contributed by atoms with E-state index in [2.05, 4.69) is 96.6 Å². The van der Waals surface area contributed by atoms with Crippen LogP contribution in [0.3, 0.4) is 0 Å². The second-order valence-electron chi connectivity index (χ2n) is 11.3. The van der Waals surface area contributed by atoms with Gasteiger partial charge in [0.15, 0.2) is 0 Å². The highest BCUT2D eigenvalue weighted by Gasteiger charge is 2.30. The molecule has 0 aliphatic rings. The molecule has 0 fully saturated rings. The van der Waals surface area contributed by atoms with Gasteiger partial charge in [-0.05, 0) is 120 Å². The van der Waals surface area contributed by atoms with E-state index in [1.54, 1.807) is 0 Å². The fourth-order valence-electron chi connectivity index (χ4n) is 4.68. The molecule has 4 aromatic rings. The van der Waals surface area contributed by atoms with Crippen molar-refractivity contribution in [3.05, 3.63) is 112 Å². The first-order valence-electron chi connectivity index (χ1n) is 13.3. The predicted molar refractivity (Wildman–Crippen MR) is 158 cm³/mol. The quantitative estimate of drug-likeness (QED) is 0.248. The average molecular weight is 529 g/mol. The Balaban J connectivity index is 1.63. The van der Waals surface area contributed by atoms with Gasteiger partial charge in [-0.3, -0.25) is 4.98 Å². The molecule has 6 heteroatoms. The molecule has 0 bridgehead atoms. The topological polar surface area (TPSA) is 65.8 Å². The minimum atomic E-state index is -1.22. The summed E-state index contributed by atoms with van der Waals surface area (Å²) in [6.07, 6.45) is 4.30. The molecule has 0 radical (unpaired) electrons. The zero-order valence-corrected chi connectivity index (χ0v) is 24.5. The van der Waals surface area contributed by atoms with E-state index < -0.39 is 11.4 Å². The number of rotatable bonds is 9. The largest absolute Gasteiger partial charge is 0.598 e. The van der Waals surface area contributed by atoms with Crippen molar-refractivity contribution in [2.45, 2.75) is 78.5 Å². The molecule has 3 heterocycles. The molecule has 3 aromatic heterocycles. The van der Waals surface area contributed by atoms with Gasteiger partial charge in [-0.15, -0.1) is 4.72 Å². The summed E-state index contributed by atoms with van der Waals surface area (Å²) in [5.41, 5.74) is 9.15. The first-order chi connectivity index (χ1) is 18.0.